The lowest BCUT2D eigenvalue weighted by molar-refractivity contribution is 1.47. The van der Waals surface area contributed by atoms with Crippen molar-refractivity contribution >= 4 is 114 Å². The molecule has 86 valence electrons. The summed E-state index contributed by atoms with van der Waals surface area (Å²) in [6.07, 6.45) is -3.22. The third kappa shape index (κ3) is 8.61. The van der Waals surface area contributed by atoms with Crippen LogP contribution in [0.25, 0.3) is 10.4 Å². The van der Waals surface area contributed by atoms with Gasteiger partial charge in [0.15, 0.2) is 0 Å². The molecule has 0 saturated heterocycles. The van der Waals surface area contributed by atoms with Crippen molar-refractivity contribution in [2.45, 2.75) is 0 Å². The lowest BCUT2D eigenvalue weighted by Gasteiger charge is -2.29. The number of azide groups is 1. The minimum atomic E-state index is -0.723. The summed E-state index contributed by atoms with van der Waals surface area (Å²) in [5.41, 5.74) is 8.70. The summed E-state index contributed by atoms with van der Waals surface area (Å²) in [6.45, 7) is 0. The van der Waals surface area contributed by atoms with Gasteiger partial charge in [-0.3, -0.25) is 0 Å². The van der Waals surface area contributed by atoms with E-state index in [2.05, 4.69) is 32.6 Å². The highest BCUT2D eigenvalue weighted by Gasteiger charge is 2.29. The van der Waals surface area contributed by atoms with E-state index in [0.29, 0.717) is 5.69 Å². The fraction of sp³-hybridized carbons (Fsp3) is 0. The Labute approximate surface area is 157 Å². The average Bonchev–Trinajstić information content (AvgIpc) is 2.41. The van der Waals surface area contributed by atoms with Crippen LogP contribution < -0.4 is 0 Å². The standard InChI is InChI=1S/C6H4IN3.B12/c7-5-1-3-6(4-2-5)9-10-8;1-8(2)11(7)12(9(3)4)10(5)6/h1-4H;. The van der Waals surface area contributed by atoms with Gasteiger partial charge in [-0.1, -0.05) is 17.2 Å². The first-order valence-electron chi connectivity index (χ1n) is 6.30. The van der Waals surface area contributed by atoms with E-state index in [9.17, 15) is 0 Å². The molecule has 1 aromatic carbocycles. The quantitative estimate of drug-likeness (QED) is 0.201. The van der Waals surface area contributed by atoms with Gasteiger partial charge in [0.05, 0.1) is 0 Å². The second-order valence-electron chi connectivity index (χ2n) is 4.55. The second kappa shape index (κ2) is 11.6. The van der Waals surface area contributed by atoms with Crippen molar-refractivity contribution in [2.75, 3.05) is 0 Å². The van der Waals surface area contributed by atoms with Crippen molar-refractivity contribution in [3.8, 4) is 0 Å². The molecule has 0 aliphatic rings. The molecule has 14 radical (unpaired) electrons. The summed E-state index contributed by atoms with van der Waals surface area (Å²) in [5.74, 6) is 0. The van der Waals surface area contributed by atoms with Crippen molar-refractivity contribution in [3.63, 3.8) is 0 Å². The molecular formula is C6H4B12IN3. The molecule has 0 N–H and O–H groups in total. The Morgan fingerprint density at radius 2 is 1.32 bits per heavy atom. The highest BCUT2D eigenvalue weighted by Crippen LogP contribution is 2.13. The normalized spacial score (nSPS) is 8.59. The van der Waals surface area contributed by atoms with Gasteiger partial charge >= 0.3 is 0 Å². The first-order valence-corrected chi connectivity index (χ1v) is 7.38. The van der Waals surface area contributed by atoms with E-state index >= 15 is 0 Å². The third-order valence-electron chi connectivity index (χ3n) is 2.76. The molecule has 0 fully saturated rings. The topological polar surface area (TPSA) is 48.8 Å². The minimum Gasteiger partial charge on any atom is -0.0608 e. The van der Waals surface area contributed by atoms with Crippen molar-refractivity contribution in [2.24, 2.45) is 5.11 Å². The molecule has 0 amide bonds. The maximum Gasteiger partial charge on any atom is 0.0376 e. The summed E-state index contributed by atoms with van der Waals surface area (Å²) in [7, 11) is 37.9. The molecule has 1 aromatic rings. The predicted molar refractivity (Wildman–Crippen MR) is 117 cm³/mol. The summed E-state index contributed by atoms with van der Waals surface area (Å²) in [6, 6.07) is 7.35. The SMILES string of the molecule is [B]B([B])B([B])B(B([B])[B])B([B])[B].[N-]=[N+]=Nc1ccc(I)cc1. The van der Waals surface area contributed by atoms with Crippen molar-refractivity contribution in [1.29, 1.82) is 0 Å². The molecule has 0 aliphatic carbocycles. The molecule has 22 heavy (non-hydrogen) atoms. The van der Waals surface area contributed by atoms with Gasteiger partial charge in [0.1, 0.15) is 0 Å². The summed E-state index contributed by atoms with van der Waals surface area (Å²) in [5, 5.41) is 3.42. The average molecular weight is 375 g/mol. The predicted octanol–water partition coefficient (Wildman–Crippen LogP) is -1.34. The van der Waals surface area contributed by atoms with Gasteiger partial charge in [0, 0.05) is 100 Å². The van der Waals surface area contributed by atoms with E-state index in [1.165, 1.54) is 0 Å². The van der Waals surface area contributed by atoms with Crippen LogP contribution in [0.2, 0.25) is 0 Å². The highest BCUT2D eigenvalue weighted by atomic mass is 127. The molecule has 0 spiro atoms. The Morgan fingerprint density at radius 3 is 1.59 bits per heavy atom. The van der Waals surface area contributed by atoms with Crippen molar-refractivity contribution in [1.82, 2.24) is 0 Å². The van der Waals surface area contributed by atoms with Gasteiger partial charge in [0.2, 0.25) is 0 Å². The number of halogens is 1. The summed E-state index contributed by atoms with van der Waals surface area (Å²) >= 11 is 2.19. The van der Waals surface area contributed by atoms with Gasteiger partial charge in [-0.25, -0.2) is 0 Å². The summed E-state index contributed by atoms with van der Waals surface area (Å²) < 4.78 is 1.13. The number of benzene rings is 1. The highest BCUT2D eigenvalue weighted by molar-refractivity contribution is 14.1. The number of hydrogen-bond acceptors (Lipinski definition) is 1. The smallest absolute Gasteiger partial charge is 0.0376 e. The van der Waals surface area contributed by atoms with Gasteiger partial charge < -0.3 is 0 Å². The van der Waals surface area contributed by atoms with Crippen LogP contribution in [0.15, 0.2) is 29.4 Å². The molecule has 16 heteroatoms. The molecule has 0 aliphatic heterocycles. The van der Waals surface area contributed by atoms with E-state index in [0.717, 1.165) is 3.57 Å². The second-order valence-corrected chi connectivity index (χ2v) is 5.80. The zero-order valence-electron chi connectivity index (χ0n) is 12.0. The first kappa shape index (κ1) is 22.0. The van der Waals surface area contributed by atoms with Gasteiger partial charge in [0.25, 0.3) is 0 Å². The Bertz CT molecular complexity index is 468. The molecule has 0 unspecified atom stereocenters. The number of nitrogens with zero attached hydrogens (tertiary/aromatic N) is 3. The largest absolute Gasteiger partial charge is 0.0608 e. The van der Waals surface area contributed by atoms with E-state index in [1.807, 2.05) is 12.1 Å². The zero-order chi connectivity index (χ0) is 17.3. The van der Waals surface area contributed by atoms with Crippen LogP contribution >= 0.6 is 22.6 Å². The first-order chi connectivity index (χ1) is 10.2. The van der Waals surface area contributed by atoms with Gasteiger partial charge in [-0.2, -0.15) is 0 Å². The van der Waals surface area contributed by atoms with Crippen LogP contribution in [-0.4, -0.2) is 86.1 Å². The Morgan fingerprint density at radius 1 is 0.864 bits per heavy atom. The monoisotopic (exact) mass is 377 g/mol. The van der Waals surface area contributed by atoms with Gasteiger partial charge in [-0.05, 0) is 40.3 Å². The van der Waals surface area contributed by atoms with E-state index < -0.39 is 31.9 Å². The molecule has 0 saturated carbocycles. The van der Waals surface area contributed by atoms with Crippen molar-refractivity contribution in [3.05, 3.63) is 38.3 Å². The number of rotatable bonds is 5. The van der Waals surface area contributed by atoms with Crippen molar-refractivity contribution < 1.29 is 0 Å². The third-order valence-corrected chi connectivity index (χ3v) is 3.48. The van der Waals surface area contributed by atoms with Crippen LogP contribution in [0.1, 0.15) is 0 Å². The lowest BCUT2D eigenvalue weighted by Crippen LogP contribution is -2.67. The lowest BCUT2D eigenvalue weighted by atomic mass is 8.53. The number of hydrogen-bond donors (Lipinski definition) is 0. The molecule has 1 rings (SSSR count). The maximum atomic E-state index is 8.05. The Balaban J connectivity index is 0.000000406. The van der Waals surface area contributed by atoms with E-state index in [-0.39, 0.29) is 0 Å². The van der Waals surface area contributed by atoms with Crippen LogP contribution in [0.3, 0.4) is 0 Å². The maximum absolute atomic E-state index is 8.05. The molecule has 0 bridgehead atoms. The fourth-order valence-corrected chi connectivity index (χ4v) is 1.95. The molecule has 0 atom stereocenters. The molecular weight excluding hydrogens is 371 g/mol. The Hall–Kier alpha value is 0.0392. The fourth-order valence-electron chi connectivity index (χ4n) is 1.59. The van der Waals surface area contributed by atoms with Crippen LogP contribution in [-0.2, 0) is 0 Å². The van der Waals surface area contributed by atoms with Crippen LogP contribution in [0.5, 0.6) is 0 Å². The summed E-state index contributed by atoms with van der Waals surface area (Å²) in [4.78, 5) is 2.66. The van der Waals surface area contributed by atoms with Gasteiger partial charge in [-0.15, -0.1) is 0 Å². The molecule has 0 heterocycles. The zero-order valence-corrected chi connectivity index (χ0v) is 14.1. The molecule has 3 nitrogen and oxygen atoms in total. The van der Waals surface area contributed by atoms with Crippen LogP contribution in [0.4, 0.5) is 5.69 Å². The van der Waals surface area contributed by atoms with E-state index in [4.69, 9.17) is 59.7 Å². The van der Waals surface area contributed by atoms with Crippen LogP contribution in [0, 0.1) is 3.57 Å². The minimum absolute atomic E-state index is 0.481. The van der Waals surface area contributed by atoms with E-state index in [1.54, 1.807) is 12.1 Å². The Kier molecular flexibility index (Phi) is 11.6. The molecule has 0 aromatic heterocycles.